The Labute approximate surface area is 133 Å². The summed E-state index contributed by atoms with van der Waals surface area (Å²) in [5, 5.41) is 4.68. The predicted octanol–water partition coefficient (Wildman–Crippen LogP) is 4.08. The van der Waals surface area contributed by atoms with Gasteiger partial charge >= 0.3 is 0 Å². The van der Waals surface area contributed by atoms with E-state index in [4.69, 9.17) is 0 Å². The molecule has 0 amide bonds. The van der Waals surface area contributed by atoms with E-state index < -0.39 is 0 Å². The lowest BCUT2D eigenvalue weighted by Gasteiger charge is -2.31. The molecular formula is C19H28N2O. The van der Waals surface area contributed by atoms with Crippen molar-refractivity contribution in [3.05, 3.63) is 36.0 Å². The van der Waals surface area contributed by atoms with Gasteiger partial charge in [0.2, 0.25) is 0 Å². The molecule has 2 aromatic rings. The van der Waals surface area contributed by atoms with Gasteiger partial charge in [-0.2, -0.15) is 0 Å². The predicted molar refractivity (Wildman–Crippen MR) is 93.1 cm³/mol. The minimum absolute atomic E-state index is 0.0996. The van der Waals surface area contributed by atoms with Crippen LogP contribution in [0.15, 0.2) is 30.3 Å². The van der Waals surface area contributed by atoms with Crippen molar-refractivity contribution in [2.24, 2.45) is 5.41 Å². The molecule has 120 valence electrons. The number of H-pyrrole nitrogens is 1. The van der Waals surface area contributed by atoms with Crippen molar-refractivity contribution in [2.45, 2.75) is 59.5 Å². The summed E-state index contributed by atoms with van der Waals surface area (Å²) in [5.41, 5.74) is 1.77. The molecule has 2 rings (SSSR count). The highest BCUT2D eigenvalue weighted by Crippen LogP contribution is 2.22. The fourth-order valence-electron chi connectivity index (χ4n) is 2.72. The summed E-state index contributed by atoms with van der Waals surface area (Å²) >= 11 is 0. The van der Waals surface area contributed by atoms with E-state index in [1.807, 2.05) is 32.9 Å². The van der Waals surface area contributed by atoms with Gasteiger partial charge in [0, 0.05) is 28.6 Å². The van der Waals surface area contributed by atoms with E-state index in [9.17, 15) is 4.79 Å². The fourth-order valence-corrected chi connectivity index (χ4v) is 2.72. The van der Waals surface area contributed by atoms with Crippen molar-refractivity contribution in [3.8, 4) is 0 Å². The molecule has 1 heterocycles. The highest BCUT2D eigenvalue weighted by molar-refractivity contribution is 5.89. The number of hydrogen-bond acceptors (Lipinski definition) is 2. The summed E-state index contributed by atoms with van der Waals surface area (Å²) in [4.78, 5) is 16.2. The first-order valence-electron chi connectivity index (χ1n) is 7.95. The first kappa shape index (κ1) is 16.8. The average Bonchev–Trinajstić information content (AvgIpc) is 2.76. The largest absolute Gasteiger partial charge is 0.358 e. The zero-order valence-electron chi connectivity index (χ0n) is 14.6. The Hall–Kier alpha value is -1.61. The minimum Gasteiger partial charge on any atom is -0.358 e. The van der Waals surface area contributed by atoms with Gasteiger partial charge < -0.3 is 10.3 Å². The van der Waals surface area contributed by atoms with Gasteiger partial charge in [-0.05, 0) is 38.3 Å². The quantitative estimate of drug-likeness (QED) is 0.893. The van der Waals surface area contributed by atoms with Crippen LogP contribution in [-0.4, -0.2) is 22.3 Å². The number of Topliss-reactive ketones (excluding diaryl/α,β-unsaturated/α-hetero) is 1. The van der Waals surface area contributed by atoms with Gasteiger partial charge in [-0.3, -0.25) is 4.79 Å². The van der Waals surface area contributed by atoms with Gasteiger partial charge in [-0.1, -0.05) is 39.0 Å². The van der Waals surface area contributed by atoms with Crippen LogP contribution in [0.2, 0.25) is 0 Å². The molecule has 22 heavy (non-hydrogen) atoms. The molecule has 2 N–H and O–H groups in total. The summed E-state index contributed by atoms with van der Waals surface area (Å²) in [6, 6.07) is 10.2. The second-order valence-electron chi connectivity index (χ2n) is 8.15. The maximum atomic E-state index is 12.8. The van der Waals surface area contributed by atoms with E-state index in [-0.39, 0.29) is 22.8 Å². The van der Waals surface area contributed by atoms with Crippen molar-refractivity contribution < 1.29 is 4.79 Å². The Morgan fingerprint density at radius 1 is 1.14 bits per heavy atom. The maximum absolute atomic E-state index is 12.8. The highest BCUT2D eigenvalue weighted by Gasteiger charge is 2.32. The summed E-state index contributed by atoms with van der Waals surface area (Å²) < 4.78 is 0. The molecular weight excluding hydrogens is 272 g/mol. The molecule has 0 radical (unpaired) electrons. The first-order chi connectivity index (χ1) is 10.1. The van der Waals surface area contributed by atoms with Gasteiger partial charge in [0.25, 0.3) is 0 Å². The Morgan fingerprint density at radius 3 is 2.32 bits per heavy atom. The lowest BCUT2D eigenvalue weighted by molar-refractivity contribution is -0.128. The maximum Gasteiger partial charge on any atom is 0.155 e. The summed E-state index contributed by atoms with van der Waals surface area (Å²) in [5.74, 6) is 0.251. The Balaban J connectivity index is 2.27. The molecule has 1 aromatic heterocycles. The standard InChI is InChI=1S/C19H28N2O/c1-18(2,3)17(22)16(21-19(4,5)6)12-14-11-13-9-7-8-10-15(13)20-14/h7-11,16,20-21H,12H2,1-6H3. The Morgan fingerprint density at radius 2 is 1.77 bits per heavy atom. The zero-order valence-corrected chi connectivity index (χ0v) is 14.6. The fraction of sp³-hybridized carbons (Fsp3) is 0.526. The SMILES string of the molecule is CC(C)(C)NC(Cc1cc2ccccc2[nH]1)C(=O)C(C)(C)C. The van der Waals surface area contributed by atoms with E-state index in [1.54, 1.807) is 0 Å². The van der Waals surface area contributed by atoms with E-state index in [0.29, 0.717) is 6.42 Å². The number of hydrogen-bond donors (Lipinski definition) is 2. The number of ketones is 1. The van der Waals surface area contributed by atoms with Crippen LogP contribution < -0.4 is 5.32 Å². The van der Waals surface area contributed by atoms with Gasteiger partial charge in [0.15, 0.2) is 5.78 Å². The monoisotopic (exact) mass is 300 g/mol. The molecule has 0 fully saturated rings. The van der Waals surface area contributed by atoms with Crippen LogP contribution in [0, 0.1) is 5.41 Å². The molecule has 1 unspecified atom stereocenters. The molecule has 0 bridgehead atoms. The normalized spacial score (nSPS) is 14.3. The van der Waals surface area contributed by atoms with E-state index in [0.717, 1.165) is 11.2 Å². The molecule has 1 aromatic carbocycles. The van der Waals surface area contributed by atoms with Crippen molar-refractivity contribution in [1.82, 2.24) is 10.3 Å². The Kier molecular flexibility index (Phi) is 4.48. The van der Waals surface area contributed by atoms with Crippen LogP contribution >= 0.6 is 0 Å². The Bertz CT molecular complexity index is 623. The molecule has 3 nitrogen and oxygen atoms in total. The second-order valence-corrected chi connectivity index (χ2v) is 8.15. The van der Waals surface area contributed by atoms with E-state index >= 15 is 0 Å². The number of nitrogens with one attached hydrogen (secondary N) is 2. The summed E-state index contributed by atoms with van der Waals surface area (Å²) in [6.45, 7) is 12.2. The number of carbonyl (C=O) groups is 1. The molecule has 1 atom stereocenters. The van der Waals surface area contributed by atoms with Crippen LogP contribution in [0.4, 0.5) is 0 Å². The molecule has 0 aliphatic rings. The zero-order chi connectivity index (χ0) is 16.5. The number of rotatable bonds is 4. The van der Waals surface area contributed by atoms with Gasteiger partial charge in [0.05, 0.1) is 6.04 Å². The molecule has 0 saturated heterocycles. The molecule has 0 spiro atoms. The number of aromatic nitrogens is 1. The van der Waals surface area contributed by atoms with Crippen LogP contribution in [0.25, 0.3) is 10.9 Å². The summed E-state index contributed by atoms with van der Waals surface area (Å²) in [7, 11) is 0. The van der Waals surface area contributed by atoms with Crippen molar-refractivity contribution >= 4 is 16.7 Å². The third-order valence-electron chi connectivity index (χ3n) is 3.67. The van der Waals surface area contributed by atoms with E-state index in [1.165, 1.54) is 5.39 Å². The van der Waals surface area contributed by atoms with Crippen molar-refractivity contribution in [2.75, 3.05) is 0 Å². The lowest BCUT2D eigenvalue weighted by Crippen LogP contribution is -2.51. The average molecular weight is 300 g/mol. The highest BCUT2D eigenvalue weighted by atomic mass is 16.1. The van der Waals surface area contributed by atoms with Crippen molar-refractivity contribution in [3.63, 3.8) is 0 Å². The smallest absolute Gasteiger partial charge is 0.155 e. The van der Waals surface area contributed by atoms with Gasteiger partial charge in [-0.15, -0.1) is 0 Å². The van der Waals surface area contributed by atoms with Crippen LogP contribution in [0.5, 0.6) is 0 Å². The van der Waals surface area contributed by atoms with Crippen molar-refractivity contribution in [1.29, 1.82) is 0 Å². The second kappa shape index (κ2) is 5.88. The number of para-hydroxylation sites is 1. The molecule has 3 heteroatoms. The van der Waals surface area contributed by atoms with Crippen LogP contribution in [0.1, 0.15) is 47.2 Å². The first-order valence-corrected chi connectivity index (χ1v) is 7.95. The van der Waals surface area contributed by atoms with E-state index in [2.05, 4.69) is 49.3 Å². The number of aromatic amines is 1. The third kappa shape index (κ3) is 4.20. The number of carbonyl (C=O) groups excluding carboxylic acids is 1. The minimum atomic E-state index is -0.352. The topological polar surface area (TPSA) is 44.9 Å². The van der Waals surface area contributed by atoms with Crippen LogP contribution in [0.3, 0.4) is 0 Å². The number of benzene rings is 1. The lowest BCUT2D eigenvalue weighted by atomic mass is 9.84. The number of fused-ring (bicyclic) bond motifs is 1. The molecule has 0 aliphatic heterocycles. The van der Waals surface area contributed by atoms with Gasteiger partial charge in [-0.25, -0.2) is 0 Å². The molecule has 0 saturated carbocycles. The van der Waals surface area contributed by atoms with Gasteiger partial charge in [0.1, 0.15) is 0 Å². The summed E-state index contributed by atoms with van der Waals surface area (Å²) in [6.07, 6.45) is 0.683. The molecule has 0 aliphatic carbocycles. The third-order valence-corrected chi connectivity index (χ3v) is 3.67. The van der Waals surface area contributed by atoms with Crippen LogP contribution in [-0.2, 0) is 11.2 Å².